The number of rotatable bonds is 8. The molecule has 116 valence electrons. The second kappa shape index (κ2) is 7.80. The van der Waals surface area contributed by atoms with Crippen LogP contribution in [-0.2, 0) is 4.79 Å². The Kier molecular flexibility index (Phi) is 6.06. The maximum absolute atomic E-state index is 11.7. The van der Waals surface area contributed by atoms with E-state index in [-0.39, 0.29) is 18.6 Å². The lowest BCUT2D eigenvalue weighted by Crippen LogP contribution is -2.30. The van der Waals surface area contributed by atoms with Gasteiger partial charge in [-0.3, -0.25) is 4.79 Å². The van der Waals surface area contributed by atoms with E-state index in [1.165, 1.54) is 0 Å². The maximum Gasteiger partial charge on any atom is 0.258 e. The molecule has 0 bridgehead atoms. The van der Waals surface area contributed by atoms with E-state index >= 15 is 0 Å². The van der Waals surface area contributed by atoms with Gasteiger partial charge in [-0.15, -0.1) is 0 Å². The van der Waals surface area contributed by atoms with Crippen LogP contribution in [0.3, 0.4) is 0 Å². The minimum absolute atomic E-state index is 0.0412. The highest BCUT2D eigenvalue weighted by molar-refractivity contribution is 9.10. The fourth-order valence-corrected chi connectivity index (χ4v) is 2.48. The van der Waals surface area contributed by atoms with Crippen molar-refractivity contribution in [3.8, 4) is 5.75 Å². The molecular weight excluding hydrogens is 332 g/mol. The van der Waals surface area contributed by atoms with Gasteiger partial charge in [0.05, 0.1) is 0 Å². The molecule has 2 rings (SSSR count). The smallest absolute Gasteiger partial charge is 0.258 e. The van der Waals surface area contributed by atoms with Crippen LogP contribution in [0.1, 0.15) is 44.7 Å². The standard InChI is InChI=1S/C16H23BrN2O2/c1-3-8-18-11(2)14-9-12(17)4-7-15(14)21-10-16(20)19-13-5-6-13/h4,7,9,11,13,18H,3,5-6,8,10H2,1-2H3,(H,19,20). The number of benzene rings is 1. The van der Waals surface area contributed by atoms with E-state index in [0.717, 1.165) is 41.6 Å². The number of hydrogen-bond acceptors (Lipinski definition) is 3. The van der Waals surface area contributed by atoms with E-state index in [1.54, 1.807) is 0 Å². The molecule has 1 fully saturated rings. The molecule has 1 aliphatic rings. The first-order valence-corrected chi connectivity index (χ1v) is 8.34. The van der Waals surface area contributed by atoms with E-state index in [4.69, 9.17) is 4.74 Å². The minimum atomic E-state index is -0.0412. The third kappa shape index (κ3) is 5.32. The summed E-state index contributed by atoms with van der Waals surface area (Å²) in [5.41, 5.74) is 1.07. The maximum atomic E-state index is 11.7. The van der Waals surface area contributed by atoms with Crippen LogP contribution in [0.2, 0.25) is 0 Å². The molecule has 1 unspecified atom stereocenters. The highest BCUT2D eigenvalue weighted by atomic mass is 79.9. The molecule has 21 heavy (non-hydrogen) atoms. The first-order valence-electron chi connectivity index (χ1n) is 7.55. The Morgan fingerprint density at radius 2 is 2.24 bits per heavy atom. The van der Waals surface area contributed by atoms with Gasteiger partial charge in [0.15, 0.2) is 6.61 Å². The summed E-state index contributed by atoms with van der Waals surface area (Å²) in [5.74, 6) is 0.723. The summed E-state index contributed by atoms with van der Waals surface area (Å²) >= 11 is 3.49. The van der Waals surface area contributed by atoms with E-state index in [9.17, 15) is 4.79 Å². The minimum Gasteiger partial charge on any atom is -0.483 e. The van der Waals surface area contributed by atoms with Gasteiger partial charge in [0.2, 0.25) is 0 Å². The van der Waals surface area contributed by atoms with Crippen LogP contribution in [0.4, 0.5) is 0 Å². The van der Waals surface area contributed by atoms with Crippen LogP contribution < -0.4 is 15.4 Å². The van der Waals surface area contributed by atoms with Gasteiger partial charge in [0.1, 0.15) is 5.75 Å². The van der Waals surface area contributed by atoms with Gasteiger partial charge in [0, 0.05) is 22.1 Å². The van der Waals surface area contributed by atoms with E-state index in [1.807, 2.05) is 18.2 Å². The number of carbonyl (C=O) groups excluding carboxylic acids is 1. The SMILES string of the molecule is CCCNC(C)c1cc(Br)ccc1OCC(=O)NC1CC1. The summed E-state index contributed by atoms with van der Waals surface area (Å²) in [6, 6.07) is 6.44. The van der Waals surface area contributed by atoms with E-state index < -0.39 is 0 Å². The van der Waals surface area contributed by atoms with Crippen molar-refractivity contribution in [2.45, 2.75) is 45.2 Å². The summed E-state index contributed by atoms with van der Waals surface area (Å²) in [6.07, 6.45) is 3.26. The number of ether oxygens (including phenoxy) is 1. The van der Waals surface area contributed by atoms with Gasteiger partial charge in [-0.25, -0.2) is 0 Å². The topological polar surface area (TPSA) is 50.4 Å². The number of halogens is 1. The van der Waals surface area contributed by atoms with Crippen LogP contribution in [0.5, 0.6) is 5.75 Å². The van der Waals surface area contributed by atoms with Crippen LogP contribution in [0.15, 0.2) is 22.7 Å². The molecule has 0 heterocycles. The lowest BCUT2D eigenvalue weighted by atomic mass is 10.1. The number of nitrogens with one attached hydrogen (secondary N) is 2. The zero-order chi connectivity index (χ0) is 15.2. The van der Waals surface area contributed by atoms with Gasteiger partial charge in [-0.05, 0) is 50.9 Å². The van der Waals surface area contributed by atoms with Crippen molar-refractivity contribution < 1.29 is 9.53 Å². The Morgan fingerprint density at radius 3 is 2.90 bits per heavy atom. The molecule has 1 atom stereocenters. The lowest BCUT2D eigenvalue weighted by molar-refractivity contribution is -0.123. The lowest BCUT2D eigenvalue weighted by Gasteiger charge is -2.18. The Morgan fingerprint density at radius 1 is 1.48 bits per heavy atom. The van der Waals surface area contributed by atoms with Crippen molar-refractivity contribution in [2.75, 3.05) is 13.2 Å². The second-order valence-corrected chi connectivity index (χ2v) is 6.40. The first-order chi connectivity index (χ1) is 10.1. The quantitative estimate of drug-likeness (QED) is 0.753. The first kappa shape index (κ1) is 16.3. The number of carbonyl (C=O) groups is 1. The highest BCUT2D eigenvalue weighted by Crippen LogP contribution is 2.28. The highest BCUT2D eigenvalue weighted by Gasteiger charge is 2.23. The molecule has 0 saturated heterocycles. The Labute approximate surface area is 134 Å². The molecule has 1 amide bonds. The zero-order valence-electron chi connectivity index (χ0n) is 12.6. The van der Waals surface area contributed by atoms with Gasteiger partial charge in [-0.1, -0.05) is 22.9 Å². The van der Waals surface area contributed by atoms with E-state index in [0.29, 0.717) is 6.04 Å². The van der Waals surface area contributed by atoms with Crippen LogP contribution in [-0.4, -0.2) is 25.1 Å². The van der Waals surface area contributed by atoms with E-state index in [2.05, 4.69) is 40.4 Å². The summed E-state index contributed by atoms with van der Waals surface area (Å²) in [5, 5.41) is 6.37. The average Bonchev–Trinajstić information content (AvgIpc) is 3.27. The van der Waals surface area contributed by atoms with Crippen LogP contribution >= 0.6 is 15.9 Å². The fourth-order valence-electron chi connectivity index (χ4n) is 2.10. The molecule has 0 aliphatic heterocycles. The summed E-state index contributed by atoms with van der Waals surface area (Å²) in [4.78, 5) is 11.7. The third-order valence-electron chi connectivity index (χ3n) is 3.44. The van der Waals surface area contributed by atoms with Gasteiger partial charge in [0.25, 0.3) is 5.91 Å². The van der Waals surface area contributed by atoms with Gasteiger partial charge >= 0.3 is 0 Å². The Bertz CT molecular complexity index is 489. The second-order valence-electron chi connectivity index (χ2n) is 5.49. The number of hydrogen-bond donors (Lipinski definition) is 2. The van der Waals surface area contributed by atoms with Crippen molar-refractivity contribution in [3.05, 3.63) is 28.2 Å². The predicted molar refractivity (Wildman–Crippen MR) is 87.5 cm³/mol. The average molecular weight is 355 g/mol. The molecule has 0 aromatic heterocycles. The fraction of sp³-hybridized carbons (Fsp3) is 0.562. The van der Waals surface area contributed by atoms with Gasteiger partial charge in [-0.2, -0.15) is 0 Å². The van der Waals surface area contributed by atoms with Crippen molar-refractivity contribution in [1.29, 1.82) is 0 Å². The van der Waals surface area contributed by atoms with Gasteiger partial charge < -0.3 is 15.4 Å². The van der Waals surface area contributed by atoms with Crippen molar-refractivity contribution in [2.24, 2.45) is 0 Å². The Balaban J connectivity index is 1.97. The normalized spacial score (nSPS) is 15.6. The van der Waals surface area contributed by atoms with Crippen LogP contribution in [0.25, 0.3) is 0 Å². The summed E-state index contributed by atoms with van der Waals surface area (Å²) < 4.78 is 6.72. The monoisotopic (exact) mass is 354 g/mol. The third-order valence-corrected chi connectivity index (χ3v) is 3.93. The molecule has 5 heteroatoms. The summed E-state index contributed by atoms with van der Waals surface area (Å²) in [7, 11) is 0. The predicted octanol–water partition coefficient (Wildman–Crippen LogP) is 3.17. The molecule has 1 saturated carbocycles. The summed E-state index contributed by atoms with van der Waals surface area (Å²) in [6.45, 7) is 5.27. The van der Waals surface area contributed by atoms with Crippen molar-refractivity contribution in [3.63, 3.8) is 0 Å². The molecule has 1 aromatic rings. The molecular formula is C16H23BrN2O2. The molecule has 4 nitrogen and oxygen atoms in total. The zero-order valence-corrected chi connectivity index (χ0v) is 14.2. The molecule has 1 aliphatic carbocycles. The number of amides is 1. The van der Waals surface area contributed by atoms with Crippen molar-refractivity contribution in [1.82, 2.24) is 10.6 Å². The van der Waals surface area contributed by atoms with Crippen LogP contribution in [0, 0.1) is 0 Å². The largest absolute Gasteiger partial charge is 0.483 e. The molecule has 0 spiro atoms. The Hall–Kier alpha value is -1.07. The molecule has 1 aromatic carbocycles. The van der Waals surface area contributed by atoms with Crippen molar-refractivity contribution >= 4 is 21.8 Å². The molecule has 2 N–H and O–H groups in total. The molecule has 0 radical (unpaired) electrons.